The van der Waals surface area contributed by atoms with Crippen molar-refractivity contribution in [3.05, 3.63) is 47.7 Å². The van der Waals surface area contributed by atoms with Gasteiger partial charge in [0.1, 0.15) is 6.07 Å². The largest absolute Gasteiger partial charge is 0.478 e. The van der Waals surface area contributed by atoms with Crippen LogP contribution < -0.4 is 4.90 Å². The van der Waals surface area contributed by atoms with Crippen LogP contribution in [0.25, 0.3) is 11.3 Å². The molecule has 0 radical (unpaired) electrons. The zero-order valence-corrected chi connectivity index (χ0v) is 14.0. The van der Waals surface area contributed by atoms with Gasteiger partial charge in [0.05, 0.1) is 34.0 Å². The SMILES string of the molecule is N#Cc1cc(-c2cc(C(=O)O)ccn2)ccc1N1CCS(=O)(=O)CC1. The topological polar surface area (TPSA) is 111 Å². The van der Waals surface area contributed by atoms with Crippen molar-refractivity contribution in [2.24, 2.45) is 0 Å². The number of nitriles is 1. The summed E-state index contributed by atoms with van der Waals surface area (Å²) in [5.74, 6) is -0.903. The fraction of sp³-hybridized carbons (Fsp3) is 0.235. The molecule has 0 saturated carbocycles. The van der Waals surface area contributed by atoms with Crippen LogP contribution in [0.15, 0.2) is 36.5 Å². The molecule has 0 unspecified atom stereocenters. The summed E-state index contributed by atoms with van der Waals surface area (Å²) in [5, 5.41) is 18.5. The molecule has 1 aliphatic rings. The minimum absolute atomic E-state index is 0.0713. The van der Waals surface area contributed by atoms with Crippen LogP contribution in [0.1, 0.15) is 15.9 Å². The molecule has 1 fully saturated rings. The monoisotopic (exact) mass is 357 g/mol. The average Bonchev–Trinajstić information content (AvgIpc) is 2.61. The summed E-state index contributed by atoms with van der Waals surface area (Å²) in [6.07, 6.45) is 1.41. The number of aromatic carboxylic acids is 1. The number of nitrogens with zero attached hydrogens (tertiary/aromatic N) is 3. The number of carboxylic acids is 1. The van der Waals surface area contributed by atoms with Gasteiger partial charge in [-0.3, -0.25) is 4.98 Å². The van der Waals surface area contributed by atoms with E-state index < -0.39 is 15.8 Å². The van der Waals surface area contributed by atoms with E-state index >= 15 is 0 Å². The number of anilines is 1. The van der Waals surface area contributed by atoms with Gasteiger partial charge >= 0.3 is 5.97 Å². The number of carbonyl (C=O) groups is 1. The summed E-state index contributed by atoms with van der Waals surface area (Å²) in [5.41, 5.74) is 2.29. The molecule has 128 valence electrons. The lowest BCUT2D eigenvalue weighted by Gasteiger charge is -2.29. The molecule has 1 saturated heterocycles. The fourth-order valence-electron chi connectivity index (χ4n) is 2.74. The van der Waals surface area contributed by atoms with E-state index in [-0.39, 0.29) is 17.1 Å². The van der Waals surface area contributed by atoms with E-state index in [4.69, 9.17) is 5.11 Å². The normalized spacial score (nSPS) is 16.2. The molecule has 7 nitrogen and oxygen atoms in total. The highest BCUT2D eigenvalue weighted by Gasteiger charge is 2.23. The molecule has 2 aromatic rings. The average molecular weight is 357 g/mol. The highest BCUT2D eigenvalue weighted by atomic mass is 32.2. The van der Waals surface area contributed by atoms with E-state index in [9.17, 15) is 18.5 Å². The van der Waals surface area contributed by atoms with Crippen LogP contribution in [0.3, 0.4) is 0 Å². The lowest BCUT2D eigenvalue weighted by molar-refractivity contribution is 0.0697. The molecule has 1 aliphatic heterocycles. The van der Waals surface area contributed by atoms with Crippen LogP contribution in [-0.4, -0.2) is 49.1 Å². The molecule has 1 aromatic carbocycles. The molecule has 3 rings (SSSR count). The van der Waals surface area contributed by atoms with Crippen LogP contribution in [0, 0.1) is 11.3 Å². The number of hydrogen-bond donors (Lipinski definition) is 1. The van der Waals surface area contributed by atoms with Crippen LogP contribution >= 0.6 is 0 Å². The summed E-state index contributed by atoms with van der Waals surface area (Å²) in [6, 6.07) is 10.1. The van der Waals surface area contributed by atoms with Gasteiger partial charge in [0.25, 0.3) is 0 Å². The third-order valence-electron chi connectivity index (χ3n) is 4.10. The fourth-order valence-corrected chi connectivity index (χ4v) is 3.94. The maximum atomic E-state index is 11.6. The Bertz CT molecular complexity index is 966. The number of pyridine rings is 1. The number of rotatable bonds is 3. The Kier molecular flexibility index (Phi) is 4.42. The van der Waals surface area contributed by atoms with Gasteiger partial charge in [-0.25, -0.2) is 13.2 Å². The summed E-state index contributed by atoms with van der Waals surface area (Å²) < 4.78 is 23.1. The molecule has 1 N–H and O–H groups in total. The standard InChI is InChI=1S/C17H15N3O4S/c18-11-14-9-12(15-10-13(17(21)22)3-4-19-15)1-2-16(14)20-5-7-25(23,24)8-6-20/h1-4,9-10H,5-8H2,(H,21,22). The molecule has 0 bridgehead atoms. The van der Waals surface area contributed by atoms with Crippen molar-refractivity contribution < 1.29 is 18.3 Å². The minimum Gasteiger partial charge on any atom is -0.478 e. The predicted molar refractivity (Wildman–Crippen MR) is 92.2 cm³/mol. The van der Waals surface area contributed by atoms with Crippen LogP contribution in [-0.2, 0) is 9.84 Å². The maximum Gasteiger partial charge on any atom is 0.335 e. The Morgan fingerprint density at radius 3 is 2.56 bits per heavy atom. The first-order chi connectivity index (χ1) is 11.9. The van der Waals surface area contributed by atoms with Crippen molar-refractivity contribution in [2.75, 3.05) is 29.5 Å². The van der Waals surface area contributed by atoms with Crippen LogP contribution in [0.2, 0.25) is 0 Å². The highest BCUT2D eigenvalue weighted by Crippen LogP contribution is 2.27. The molecule has 0 spiro atoms. The van der Waals surface area contributed by atoms with Crippen molar-refractivity contribution in [2.45, 2.75) is 0 Å². The van der Waals surface area contributed by atoms with Crippen LogP contribution in [0.5, 0.6) is 0 Å². The Morgan fingerprint density at radius 1 is 1.20 bits per heavy atom. The van der Waals surface area contributed by atoms with Crippen molar-refractivity contribution in [1.29, 1.82) is 5.26 Å². The molecule has 0 amide bonds. The predicted octanol–water partition coefficient (Wildman–Crippen LogP) is 1.55. The second kappa shape index (κ2) is 6.53. The van der Waals surface area contributed by atoms with E-state index in [0.717, 1.165) is 0 Å². The molecule has 25 heavy (non-hydrogen) atoms. The lowest BCUT2D eigenvalue weighted by atomic mass is 10.0. The molecular weight excluding hydrogens is 342 g/mol. The molecule has 8 heteroatoms. The third-order valence-corrected chi connectivity index (χ3v) is 5.71. The first-order valence-electron chi connectivity index (χ1n) is 7.59. The van der Waals surface area contributed by atoms with E-state index in [1.165, 1.54) is 18.3 Å². The minimum atomic E-state index is -3.00. The highest BCUT2D eigenvalue weighted by molar-refractivity contribution is 7.91. The number of benzene rings is 1. The molecule has 2 heterocycles. The Labute approximate surface area is 145 Å². The Balaban J connectivity index is 1.94. The second-order valence-corrected chi connectivity index (χ2v) is 8.02. The van der Waals surface area contributed by atoms with Crippen molar-refractivity contribution in [1.82, 2.24) is 4.98 Å². The summed E-state index contributed by atoms with van der Waals surface area (Å²) in [7, 11) is -3.00. The van der Waals surface area contributed by atoms with Crippen molar-refractivity contribution in [3.63, 3.8) is 0 Å². The van der Waals surface area contributed by atoms with E-state index in [1.54, 1.807) is 18.2 Å². The van der Waals surface area contributed by atoms with Gasteiger partial charge in [0, 0.05) is 24.8 Å². The molecule has 0 atom stereocenters. The quantitative estimate of drug-likeness (QED) is 0.887. The van der Waals surface area contributed by atoms with Gasteiger partial charge in [-0.1, -0.05) is 6.07 Å². The van der Waals surface area contributed by atoms with Gasteiger partial charge in [-0.2, -0.15) is 5.26 Å². The third kappa shape index (κ3) is 3.61. The summed E-state index contributed by atoms with van der Waals surface area (Å²) in [6.45, 7) is 0.701. The number of sulfone groups is 1. The smallest absolute Gasteiger partial charge is 0.335 e. The van der Waals surface area contributed by atoms with Crippen molar-refractivity contribution >= 4 is 21.5 Å². The summed E-state index contributed by atoms with van der Waals surface area (Å²) >= 11 is 0. The zero-order chi connectivity index (χ0) is 18.0. The Hall–Kier alpha value is -2.92. The molecule has 1 aromatic heterocycles. The first kappa shape index (κ1) is 16.9. The second-order valence-electron chi connectivity index (χ2n) is 5.72. The number of carboxylic acid groups (broad SMARTS) is 1. The maximum absolute atomic E-state index is 11.6. The van der Waals surface area contributed by atoms with Gasteiger partial charge in [-0.15, -0.1) is 0 Å². The lowest BCUT2D eigenvalue weighted by Crippen LogP contribution is -2.40. The van der Waals surface area contributed by atoms with Gasteiger partial charge in [0.2, 0.25) is 0 Å². The number of hydrogen-bond acceptors (Lipinski definition) is 6. The molecular formula is C17H15N3O4S. The molecule has 0 aliphatic carbocycles. The zero-order valence-electron chi connectivity index (χ0n) is 13.2. The first-order valence-corrected chi connectivity index (χ1v) is 9.41. The summed E-state index contributed by atoms with van der Waals surface area (Å²) in [4.78, 5) is 17.1. The van der Waals surface area contributed by atoms with Gasteiger partial charge < -0.3 is 10.0 Å². The van der Waals surface area contributed by atoms with E-state index in [2.05, 4.69) is 11.1 Å². The number of aromatic nitrogens is 1. The van der Waals surface area contributed by atoms with E-state index in [0.29, 0.717) is 35.6 Å². The Morgan fingerprint density at radius 2 is 1.92 bits per heavy atom. The van der Waals surface area contributed by atoms with Gasteiger partial charge in [0.15, 0.2) is 9.84 Å². The van der Waals surface area contributed by atoms with Crippen molar-refractivity contribution in [3.8, 4) is 17.3 Å². The van der Waals surface area contributed by atoms with Gasteiger partial charge in [-0.05, 0) is 24.3 Å². The van der Waals surface area contributed by atoms with Crippen LogP contribution in [0.4, 0.5) is 5.69 Å². The van der Waals surface area contributed by atoms with E-state index in [1.807, 2.05) is 4.90 Å².